The zero-order chi connectivity index (χ0) is 20.9. The maximum Gasteiger partial charge on any atom is 0.330 e. The van der Waals surface area contributed by atoms with Gasteiger partial charge >= 0.3 is 5.97 Å². The van der Waals surface area contributed by atoms with Crippen molar-refractivity contribution in [3.05, 3.63) is 58.2 Å². The monoisotopic (exact) mass is 380 g/mol. The second-order valence-corrected chi connectivity index (χ2v) is 10.5. The molecule has 2 nitrogen and oxygen atoms in total. The van der Waals surface area contributed by atoms with Crippen molar-refractivity contribution in [2.75, 3.05) is 7.11 Å². The van der Waals surface area contributed by atoms with Gasteiger partial charge in [0.2, 0.25) is 0 Å². The van der Waals surface area contributed by atoms with E-state index in [1.165, 1.54) is 43.1 Å². The van der Waals surface area contributed by atoms with Crippen LogP contribution < -0.4 is 0 Å². The van der Waals surface area contributed by atoms with Gasteiger partial charge < -0.3 is 4.74 Å². The van der Waals surface area contributed by atoms with E-state index in [1.807, 2.05) is 6.92 Å². The summed E-state index contributed by atoms with van der Waals surface area (Å²) in [5.41, 5.74) is 7.63. The average Bonchev–Trinajstić information content (AvgIpc) is 3.28. The van der Waals surface area contributed by atoms with E-state index >= 15 is 0 Å². The van der Waals surface area contributed by atoms with E-state index in [4.69, 9.17) is 4.74 Å². The molecule has 0 heterocycles. The number of benzene rings is 1. The lowest BCUT2D eigenvalue weighted by molar-refractivity contribution is -0.134. The number of allylic oxidation sites excluding steroid dienone is 3. The summed E-state index contributed by atoms with van der Waals surface area (Å²) in [6.07, 6.45) is 9.53. The number of carbonyl (C=O) groups is 1. The third kappa shape index (κ3) is 3.71. The van der Waals surface area contributed by atoms with Gasteiger partial charge in [-0.25, -0.2) is 4.79 Å². The quantitative estimate of drug-likeness (QED) is 0.348. The molecule has 28 heavy (non-hydrogen) atoms. The number of hydrogen-bond acceptors (Lipinski definition) is 2. The molecule has 0 bridgehead atoms. The fourth-order valence-corrected chi connectivity index (χ4v) is 4.89. The molecule has 1 aromatic carbocycles. The Morgan fingerprint density at radius 1 is 1.04 bits per heavy atom. The molecular formula is C26H36O2. The van der Waals surface area contributed by atoms with Crippen molar-refractivity contribution in [1.29, 1.82) is 0 Å². The summed E-state index contributed by atoms with van der Waals surface area (Å²) in [7, 11) is 1.41. The highest BCUT2D eigenvalue weighted by atomic mass is 16.5. The first-order valence-electron chi connectivity index (χ1n) is 10.5. The van der Waals surface area contributed by atoms with Crippen LogP contribution >= 0.6 is 0 Å². The summed E-state index contributed by atoms with van der Waals surface area (Å²) in [6.45, 7) is 16.2. The van der Waals surface area contributed by atoms with Crippen LogP contribution in [-0.2, 0) is 25.8 Å². The molecule has 2 aliphatic rings. The second-order valence-electron chi connectivity index (χ2n) is 10.5. The van der Waals surface area contributed by atoms with E-state index < -0.39 is 0 Å². The molecule has 1 fully saturated rings. The van der Waals surface area contributed by atoms with Crippen molar-refractivity contribution in [1.82, 2.24) is 0 Å². The molecule has 0 saturated heterocycles. The fourth-order valence-electron chi connectivity index (χ4n) is 4.89. The SMILES string of the molecule is COC(=O)/C=C(\C)C=CC1CC1(C)c1cc2c(cc1C)C(C)(C)CCC2(C)C. The zero-order valence-electron chi connectivity index (χ0n) is 18.9. The number of rotatable bonds is 4. The lowest BCUT2D eigenvalue weighted by atomic mass is 9.62. The van der Waals surface area contributed by atoms with Gasteiger partial charge in [0, 0.05) is 6.08 Å². The van der Waals surface area contributed by atoms with Crippen molar-refractivity contribution in [2.24, 2.45) is 5.92 Å². The highest BCUT2D eigenvalue weighted by molar-refractivity contribution is 5.83. The Kier molecular flexibility index (Phi) is 5.15. The van der Waals surface area contributed by atoms with Gasteiger partial charge in [0.1, 0.15) is 0 Å². The van der Waals surface area contributed by atoms with E-state index in [1.54, 1.807) is 11.6 Å². The highest BCUT2D eigenvalue weighted by Gasteiger charge is 2.51. The number of hydrogen-bond donors (Lipinski definition) is 0. The van der Waals surface area contributed by atoms with Gasteiger partial charge in [-0.3, -0.25) is 0 Å². The van der Waals surface area contributed by atoms with Gasteiger partial charge in [-0.05, 0) is 83.1 Å². The molecular weight excluding hydrogens is 344 g/mol. The van der Waals surface area contributed by atoms with Crippen molar-refractivity contribution in [3.8, 4) is 0 Å². The van der Waals surface area contributed by atoms with Gasteiger partial charge in [-0.2, -0.15) is 0 Å². The third-order valence-corrected chi connectivity index (χ3v) is 7.25. The molecule has 0 amide bonds. The molecule has 1 aromatic rings. The first-order chi connectivity index (χ1) is 12.9. The Morgan fingerprint density at radius 3 is 2.18 bits per heavy atom. The van der Waals surface area contributed by atoms with Crippen molar-refractivity contribution >= 4 is 5.97 Å². The number of aryl methyl sites for hydroxylation is 1. The van der Waals surface area contributed by atoms with Crippen LogP contribution in [0.3, 0.4) is 0 Å². The van der Waals surface area contributed by atoms with Crippen molar-refractivity contribution < 1.29 is 9.53 Å². The molecule has 0 radical (unpaired) electrons. The zero-order valence-corrected chi connectivity index (χ0v) is 18.9. The summed E-state index contributed by atoms with van der Waals surface area (Å²) in [6, 6.07) is 4.99. The Morgan fingerprint density at radius 2 is 1.61 bits per heavy atom. The molecule has 2 aliphatic carbocycles. The van der Waals surface area contributed by atoms with Gasteiger partial charge in [-0.1, -0.05) is 58.9 Å². The molecule has 2 heteroatoms. The van der Waals surface area contributed by atoms with Crippen LogP contribution in [0.2, 0.25) is 0 Å². The van der Waals surface area contributed by atoms with Gasteiger partial charge in [0.05, 0.1) is 7.11 Å². The smallest absolute Gasteiger partial charge is 0.330 e. The Labute approximate surface area is 171 Å². The molecule has 0 N–H and O–H groups in total. The van der Waals surface area contributed by atoms with Crippen LogP contribution in [-0.4, -0.2) is 13.1 Å². The fraction of sp³-hybridized carbons (Fsp3) is 0.577. The maximum atomic E-state index is 11.4. The van der Waals surface area contributed by atoms with Crippen LogP contribution in [0.5, 0.6) is 0 Å². The second kappa shape index (κ2) is 6.90. The first kappa shape index (κ1) is 20.9. The summed E-state index contributed by atoms with van der Waals surface area (Å²) < 4.78 is 4.71. The molecule has 0 aliphatic heterocycles. The minimum Gasteiger partial charge on any atom is -0.466 e. The van der Waals surface area contributed by atoms with Crippen LogP contribution in [0.1, 0.15) is 83.1 Å². The van der Waals surface area contributed by atoms with E-state index in [-0.39, 0.29) is 22.2 Å². The lowest BCUT2D eigenvalue weighted by Gasteiger charge is -2.42. The van der Waals surface area contributed by atoms with E-state index in [0.29, 0.717) is 5.92 Å². The van der Waals surface area contributed by atoms with Crippen molar-refractivity contribution in [2.45, 2.75) is 84.0 Å². The third-order valence-electron chi connectivity index (χ3n) is 7.25. The summed E-state index contributed by atoms with van der Waals surface area (Å²) in [4.78, 5) is 11.4. The number of carbonyl (C=O) groups excluding carboxylic acids is 1. The summed E-state index contributed by atoms with van der Waals surface area (Å²) in [5, 5.41) is 0. The molecule has 152 valence electrons. The number of methoxy groups -OCH3 is 1. The minimum absolute atomic E-state index is 0.193. The molecule has 2 unspecified atom stereocenters. The predicted molar refractivity (Wildman–Crippen MR) is 117 cm³/mol. The maximum absolute atomic E-state index is 11.4. The molecule has 0 spiro atoms. The molecule has 3 rings (SSSR count). The standard InChI is InChI=1S/C26H36O2/c1-17(13-23(27)28-8)9-10-19-16-26(19,7)20-15-22-21(14-18(20)2)24(3,4)11-12-25(22,5)6/h9-10,13-15,19H,11-12,16H2,1-8H3/b10-9?,17-13+. The first-order valence-corrected chi connectivity index (χ1v) is 10.5. The van der Waals surface area contributed by atoms with Gasteiger partial charge in [0.25, 0.3) is 0 Å². The van der Waals surface area contributed by atoms with Crippen LogP contribution in [0.15, 0.2) is 35.9 Å². The normalized spacial score (nSPS) is 28.1. The minimum atomic E-state index is -0.295. The van der Waals surface area contributed by atoms with Gasteiger partial charge in [0.15, 0.2) is 0 Å². The molecule has 1 saturated carbocycles. The average molecular weight is 381 g/mol. The largest absolute Gasteiger partial charge is 0.466 e. The van der Waals surface area contributed by atoms with Crippen LogP contribution in [0.4, 0.5) is 0 Å². The molecule has 2 atom stereocenters. The van der Waals surface area contributed by atoms with E-state index in [0.717, 1.165) is 5.57 Å². The van der Waals surface area contributed by atoms with Crippen LogP contribution in [0, 0.1) is 12.8 Å². The number of ether oxygens (including phenoxy) is 1. The van der Waals surface area contributed by atoms with E-state index in [9.17, 15) is 4.79 Å². The Hall–Kier alpha value is -1.83. The van der Waals surface area contributed by atoms with Crippen molar-refractivity contribution in [3.63, 3.8) is 0 Å². The van der Waals surface area contributed by atoms with Crippen LogP contribution in [0.25, 0.3) is 0 Å². The summed E-state index contributed by atoms with van der Waals surface area (Å²) in [5.74, 6) is 0.223. The van der Waals surface area contributed by atoms with E-state index in [2.05, 4.69) is 65.8 Å². The topological polar surface area (TPSA) is 26.3 Å². The highest BCUT2D eigenvalue weighted by Crippen LogP contribution is 2.57. The number of fused-ring (bicyclic) bond motifs is 1. The number of esters is 1. The Balaban J connectivity index is 1.91. The molecule has 0 aromatic heterocycles. The predicted octanol–water partition coefficient (Wildman–Crippen LogP) is 6.30. The Bertz CT molecular complexity index is 853. The lowest BCUT2D eigenvalue weighted by Crippen LogP contribution is -2.34. The summed E-state index contributed by atoms with van der Waals surface area (Å²) >= 11 is 0. The van der Waals surface area contributed by atoms with Gasteiger partial charge in [-0.15, -0.1) is 0 Å².